The molecule has 0 aliphatic carbocycles. The van der Waals surface area contributed by atoms with Crippen LogP contribution in [0.4, 0.5) is 4.79 Å². The average Bonchev–Trinajstić information content (AvgIpc) is 2.88. The van der Waals surface area contributed by atoms with Gasteiger partial charge in [0.15, 0.2) is 0 Å². The van der Waals surface area contributed by atoms with E-state index in [1.807, 2.05) is 0 Å². The Hall–Kier alpha value is -2.08. The van der Waals surface area contributed by atoms with Gasteiger partial charge in [-0.2, -0.15) is 0 Å². The number of carbonyl (C=O) groups is 2. The summed E-state index contributed by atoms with van der Waals surface area (Å²) in [6.45, 7) is 4.30. The number of carbonyl (C=O) groups excluding carboxylic acids is 1. The van der Waals surface area contributed by atoms with Crippen molar-refractivity contribution in [2.24, 2.45) is 0 Å². The number of fused-ring (bicyclic) bond motifs is 1. The molecule has 0 atom stereocenters. The van der Waals surface area contributed by atoms with E-state index in [0.717, 1.165) is 11.1 Å². The number of aliphatic hydroxyl groups excluding tert-OH is 1. The highest BCUT2D eigenvalue weighted by Crippen LogP contribution is 2.26. The monoisotopic (exact) mass is 292 g/mol. The van der Waals surface area contributed by atoms with Gasteiger partial charge >= 0.3 is 12.0 Å². The highest BCUT2D eigenvalue weighted by Gasteiger charge is 2.32. The Morgan fingerprint density at radius 1 is 1.29 bits per heavy atom. The minimum atomic E-state index is -0.971. The number of hydrogen-bond donors (Lipinski definition) is 2. The first-order chi connectivity index (χ1) is 9.76. The summed E-state index contributed by atoms with van der Waals surface area (Å²) >= 11 is 0. The van der Waals surface area contributed by atoms with Gasteiger partial charge in [0.05, 0.1) is 17.7 Å². The van der Waals surface area contributed by atoms with Crippen molar-refractivity contribution >= 4 is 12.0 Å². The van der Waals surface area contributed by atoms with Crippen molar-refractivity contribution in [3.8, 4) is 0 Å². The van der Waals surface area contributed by atoms with Gasteiger partial charge in [0.2, 0.25) is 0 Å². The molecule has 0 unspecified atom stereocenters. The largest absolute Gasteiger partial charge is 0.478 e. The molecule has 0 bridgehead atoms. The predicted molar refractivity (Wildman–Crippen MR) is 77.0 cm³/mol. The summed E-state index contributed by atoms with van der Waals surface area (Å²) in [5, 5.41) is 18.4. The van der Waals surface area contributed by atoms with Crippen LogP contribution in [0.15, 0.2) is 18.2 Å². The van der Waals surface area contributed by atoms with Crippen molar-refractivity contribution in [1.29, 1.82) is 0 Å². The zero-order chi connectivity index (χ0) is 15.8. The molecule has 0 aromatic heterocycles. The third-order valence-electron chi connectivity index (χ3n) is 4.03. The van der Waals surface area contributed by atoms with Crippen LogP contribution in [0.25, 0.3) is 0 Å². The molecule has 0 saturated heterocycles. The fourth-order valence-corrected chi connectivity index (χ4v) is 2.24. The second-order valence-electron chi connectivity index (χ2n) is 5.96. The lowest BCUT2D eigenvalue weighted by Crippen LogP contribution is -2.51. The summed E-state index contributed by atoms with van der Waals surface area (Å²) in [5.41, 5.74) is 1.41. The molecule has 2 N–H and O–H groups in total. The van der Waals surface area contributed by atoms with Crippen molar-refractivity contribution in [2.45, 2.75) is 32.5 Å². The molecular formula is C15H20N2O4. The number of urea groups is 1. The van der Waals surface area contributed by atoms with Crippen LogP contribution < -0.4 is 0 Å². The van der Waals surface area contributed by atoms with E-state index in [4.69, 9.17) is 5.11 Å². The molecule has 2 rings (SSSR count). The van der Waals surface area contributed by atoms with Crippen molar-refractivity contribution < 1.29 is 19.8 Å². The van der Waals surface area contributed by atoms with E-state index < -0.39 is 11.5 Å². The Balaban J connectivity index is 2.16. The highest BCUT2D eigenvalue weighted by atomic mass is 16.4. The van der Waals surface area contributed by atoms with E-state index in [9.17, 15) is 14.7 Å². The Morgan fingerprint density at radius 2 is 1.90 bits per heavy atom. The smallest absolute Gasteiger partial charge is 0.335 e. The van der Waals surface area contributed by atoms with Gasteiger partial charge in [-0.25, -0.2) is 9.59 Å². The lowest BCUT2D eigenvalue weighted by Gasteiger charge is -2.36. The summed E-state index contributed by atoms with van der Waals surface area (Å²) < 4.78 is 0. The van der Waals surface area contributed by atoms with Crippen LogP contribution in [-0.2, 0) is 13.1 Å². The number of likely N-dealkylation sites (N-methyl/N-ethyl adjacent to an activating group) is 1. The second-order valence-corrected chi connectivity index (χ2v) is 5.96. The molecule has 2 amide bonds. The lowest BCUT2D eigenvalue weighted by atomic mass is 10.1. The first kappa shape index (κ1) is 15.3. The van der Waals surface area contributed by atoms with Crippen LogP contribution in [0.3, 0.4) is 0 Å². The fraction of sp³-hybridized carbons (Fsp3) is 0.467. The summed E-state index contributed by atoms with van der Waals surface area (Å²) in [5.74, 6) is -0.971. The predicted octanol–water partition coefficient (Wildman–Crippen LogP) is 1.52. The number of hydrogen-bond acceptors (Lipinski definition) is 3. The van der Waals surface area contributed by atoms with Gasteiger partial charge in [-0.05, 0) is 37.1 Å². The van der Waals surface area contributed by atoms with Gasteiger partial charge in [-0.1, -0.05) is 6.07 Å². The minimum Gasteiger partial charge on any atom is -0.478 e. The van der Waals surface area contributed by atoms with Crippen LogP contribution in [-0.4, -0.2) is 51.2 Å². The van der Waals surface area contributed by atoms with E-state index in [0.29, 0.717) is 13.1 Å². The zero-order valence-corrected chi connectivity index (χ0v) is 12.5. The molecule has 0 saturated carbocycles. The van der Waals surface area contributed by atoms with Gasteiger partial charge in [0, 0.05) is 20.1 Å². The van der Waals surface area contributed by atoms with Gasteiger partial charge in [0.25, 0.3) is 0 Å². The van der Waals surface area contributed by atoms with Crippen LogP contribution in [0.1, 0.15) is 35.3 Å². The normalized spacial score (nSPS) is 14.0. The topological polar surface area (TPSA) is 81.1 Å². The molecule has 21 heavy (non-hydrogen) atoms. The zero-order valence-electron chi connectivity index (χ0n) is 12.5. The Morgan fingerprint density at radius 3 is 2.48 bits per heavy atom. The Labute approximate surface area is 123 Å². The van der Waals surface area contributed by atoms with Gasteiger partial charge in [-0.3, -0.25) is 0 Å². The number of nitrogens with zero attached hydrogens (tertiary/aromatic N) is 2. The molecular weight excluding hydrogens is 272 g/mol. The van der Waals surface area contributed by atoms with Crippen LogP contribution in [0, 0.1) is 0 Å². The number of aromatic carboxylic acids is 1. The first-order valence-corrected chi connectivity index (χ1v) is 6.75. The Kier molecular flexibility index (Phi) is 3.91. The molecule has 0 radical (unpaired) electrons. The third-order valence-corrected chi connectivity index (χ3v) is 4.03. The molecule has 114 valence electrons. The van der Waals surface area contributed by atoms with Crippen molar-refractivity contribution in [1.82, 2.24) is 9.80 Å². The molecule has 1 aromatic carbocycles. The maximum Gasteiger partial charge on any atom is 0.335 e. The number of carboxylic acids is 1. The minimum absolute atomic E-state index is 0.126. The van der Waals surface area contributed by atoms with Crippen molar-refractivity contribution in [2.75, 3.05) is 13.7 Å². The number of aliphatic hydroxyl groups is 1. The summed E-state index contributed by atoms with van der Waals surface area (Å²) in [6.07, 6.45) is 0. The SMILES string of the molecule is CN(C(=O)N1Cc2ccc(C(=O)O)cc2C1)C(C)(C)CO. The number of rotatable bonds is 3. The van der Waals surface area contributed by atoms with E-state index >= 15 is 0 Å². The van der Waals surface area contributed by atoms with Crippen LogP contribution >= 0.6 is 0 Å². The van der Waals surface area contributed by atoms with Gasteiger partial charge < -0.3 is 20.0 Å². The second kappa shape index (κ2) is 5.37. The quantitative estimate of drug-likeness (QED) is 0.885. The standard InChI is InChI=1S/C15H20N2O4/c1-15(2,9-18)16(3)14(21)17-7-11-5-4-10(13(19)20)6-12(11)8-17/h4-6,18H,7-9H2,1-3H3,(H,19,20). The van der Waals surface area contributed by atoms with Gasteiger partial charge in [-0.15, -0.1) is 0 Å². The highest BCUT2D eigenvalue weighted by molar-refractivity contribution is 5.88. The van der Waals surface area contributed by atoms with Crippen LogP contribution in [0.5, 0.6) is 0 Å². The fourth-order valence-electron chi connectivity index (χ4n) is 2.24. The third kappa shape index (κ3) is 2.85. The number of amides is 2. The van der Waals surface area contributed by atoms with Gasteiger partial charge in [0.1, 0.15) is 0 Å². The summed E-state index contributed by atoms with van der Waals surface area (Å²) in [6, 6.07) is 4.74. The number of benzene rings is 1. The van der Waals surface area contributed by atoms with Crippen molar-refractivity contribution in [3.63, 3.8) is 0 Å². The lowest BCUT2D eigenvalue weighted by molar-refractivity contribution is 0.0696. The summed E-state index contributed by atoms with van der Waals surface area (Å²) in [7, 11) is 1.66. The number of carboxylic acid groups (broad SMARTS) is 1. The average molecular weight is 292 g/mol. The maximum absolute atomic E-state index is 12.5. The molecule has 0 spiro atoms. The molecule has 0 fully saturated rings. The van der Waals surface area contributed by atoms with E-state index in [-0.39, 0.29) is 18.2 Å². The van der Waals surface area contributed by atoms with E-state index in [2.05, 4.69) is 0 Å². The molecule has 1 aliphatic heterocycles. The van der Waals surface area contributed by atoms with E-state index in [1.54, 1.807) is 44.0 Å². The molecule has 6 heteroatoms. The molecule has 1 heterocycles. The Bertz CT molecular complexity index is 583. The van der Waals surface area contributed by atoms with Crippen LogP contribution in [0.2, 0.25) is 0 Å². The molecule has 6 nitrogen and oxygen atoms in total. The van der Waals surface area contributed by atoms with E-state index in [1.165, 1.54) is 4.90 Å². The molecule has 1 aromatic rings. The van der Waals surface area contributed by atoms with Crippen molar-refractivity contribution in [3.05, 3.63) is 34.9 Å². The molecule has 1 aliphatic rings. The first-order valence-electron chi connectivity index (χ1n) is 6.75. The summed E-state index contributed by atoms with van der Waals surface area (Å²) in [4.78, 5) is 26.6. The maximum atomic E-state index is 12.5.